The fourth-order valence-corrected chi connectivity index (χ4v) is 6.95. The largest absolute Gasteiger partial charge is 0.481 e. The number of nitrogens with zero attached hydrogens (tertiary/aromatic N) is 1. The van der Waals surface area contributed by atoms with Crippen molar-refractivity contribution in [3.8, 4) is 22.3 Å². The third-order valence-electron chi connectivity index (χ3n) is 9.34. The Balaban J connectivity index is 0.925. The molecular formula is C40H41N3O7. The molecule has 0 aliphatic heterocycles. The zero-order chi connectivity index (χ0) is 34.9. The lowest BCUT2D eigenvalue weighted by atomic mass is 9.98. The van der Waals surface area contributed by atoms with Crippen LogP contribution in [0.5, 0.6) is 0 Å². The van der Waals surface area contributed by atoms with Gasteiger partial charge in [0.05, 0.1) is 6.42 Å². The number of rotatable bonds is 15. The van der Waals surface area contributed by atoms with Gasteiger partial charge in [-0.05, 0) is 57.3 Å². The molecule has 0 heterocycles. The number of amides is 3. The monoisotopic (exact) mass is 675 g/mol. The number of ether oxygens (including phenoxy) is 2. The second kappa shape index (κ2) is 16.2. The third kappa shape index (κ3) is 7.97. The number of aliphatic carboxylic acids is 1. The van der Waals surface area contributed by atoms with E-state index in [0.717, 1.165) is 44.5 Å². The minimum atomic E-state index is -1.05. The average Bonchev–Trinajstić information content (AvgIpc) is 3.63. The smallest absolute Gasteiger partial charge is 0.407 e. The summed E-state index contributed by atoms with van der Waals surface area (Å²) in [6.07, 6.45) is -0.586. The Morgan fingerprint density at radius 2 is 0.920 bits per heavy atom. The van der Waals surface area contributed by atoms with Gasteiger partial charge in [-0.15, -0.1) is 0 Å². The Kier molecular flexibility index (Phi) is 11.1. The van der Waals surface area contributed by atoms with Gasteiger partial charge >= 0.3 is 18.2 Å². The summed E-state index contributed by atoms with van der Waals surface area (Å²) < 4.78 is 11.2. The number of nitrogens with one attached hydrogen (secondary N) is 2. The van der Waals surface area contributed by atoms with Gasteiger partial charge in [0.2, 0.25) is 5.91 Å². The Morgan fingerprint density at radius 1 is 0.560 bits per heavy atom. The van der Waals surface area contributed by atoms with Crippen molar-refractivity contribution in [2.24, 2.45) is 0 Å². The second-order valence-electron chi connectivity index (χ2n) is 12.5. The molecule has 4 aromatic carbocycles. The molecule has 0 bridgehead atoms. The number of alkyl carbamates (subject to hydrolysis) is 2. The zero-order valence-electron chi connectivity index (χ0n) is 27.8. The van der Waals surface area contributed by atoms with E-state index < -0.39 is 18.2 Å². The third-order valence-corrected chi connectivity index (χ3v) is 9.34. The fourth-order valence-electron chi connectivity index (χ4n) is 6.95. The van der Waals surface area contributed by atoms with Crippen LogP contribution in [0.4, 0.5) is 9.59 Å². The first-order chi connectivity index (χ1) is 24.4. The SMILES string of the molecule is O=C(O)CCC(=O)N(CCCNC(=O)OCC1c2ccccc2-c2ccccc21)CCCNC(=O)OCC1c2ccccc2-c2ccccc21. The van der Waals surface area contributed by atoms with Crippen molar-refractivity contribution < 1.29 is 33.8 Å². The summed E-state index contributed by atoms with van der Waals surface area (Å²) in [6.45, 7) is 1.58. The van der Waals surface area contributed by atoms with Gasteiger partial charge in [-0.25, -0.2) is 9.59 Å². The molecule has 3 N–H and O–H groups in total. The van der Waals surface area contributed by atoms with Crippen molar-refractivity contribution in [3.05, 3.63) is 119 Å². The molecule has 0 unspecified atom stereocenters. The van der Waals surface area contributed by atoms with E-state index in [9.17, 15) is 19.2 Å². The minimum absolute atomic E-state index is 0.0439. The molecule has 0 saturated heterocycles. The molecule has 0 spiro atoms. The average molecular weight is 676 g/mol. The molecule has 10 nitrogen and oxygen atoms in total. The molecule has 50 heavy (non-hydrogen) atoms. The van der Waals surface area contributed by atoms with E-state index >= 15 is 0 Å². The Morgan fingerprint density at radius 3 is 1.28 bits per heavy atom. The maximum atomic E-state index is 12.8. The summed E-state index contributed by atoms with van der Waals surface area (Å²) in [4.78, 5) is 50.7. The van der Waals surface area contributed by atoms with Gasteiger partial charge in [-0.2, -0.15) is 0 Å². The van der Waals surface area contributed by atoms with Gasteiger partial charge in [0.15, 0.2) is 0 Å². The highest BCUT2D eigenvalue weighted by atomic mass is 16.6. The highest BCUT2D eigenvalue weighted by Gasteiger charge is 2.30. The van der Waals surface area contributed by atoms with Crippen LogP contribution in [0.25, 0.3) is 22.3 Å². The van der Waals surface area contributed by atoms with E-state index in [1.807, 2.05) is 48.5 Å². The van der Waals surface area contributed by atoms with E-state index in [2.05, 4.69) is 59.2 Å². The number of carbonyl (C=O) groups excluding carboxylic acids is 3. The van der Waals surface area contributed by atoms with Crippen LogP contribution >= 0.6 is 0 Å². The van der Waals surface area contributed by atoms with Crippen LogP contribution in [0.1, 0.15) is 59.8 Å². The number of carbonyl (C=O) groups is 4. The first kappa shape index (κ1) is 34.2. The first-order valence-corrected chi connectivity index (χ1v) is 17.1. The van der Waals surface area contributed by atoms with E-state index in [1.54, 1.807) is 4.90 Å². The quantitative estimate of drug-likeness (QED) is 0.122. The normalized spacial score (nSPS) is 12.6. The van der Waals surface area contributed by atoms with Crippen molar-refractivity contribution in [2.75, 3.05) is 39.4 Å². The summed E-state index contributed by atoms with van der Waals surface area (Å²) in [5, 5.41) is 14.6. The van der Waals surface area contributed by atoms with Crippen molar-refractivity contribution in [2.45, 2.75) is 37.5 Å². The maximum Gasteiger partial charge on any atom is 0.407 e. The van der Waals surface area contributed by atoms with Crippen molar-refractivity contribution in [3.63, 3.8) is 0 Å². The minimum Gasteiger partial charge on any atom is -0.481 e. The van der Waals surface area contributed by atoms with Gasteiger partial charge < -0.3 is 30.1 Å². The Bertz CT molecular complexity index is 1650. The van der Waals surface area contributed by atoms with E-state index in [4.69, 9.17) is 14.6 Å². The van der Waals surface area contributed by atoms with E-state index in [1.165, 1.54) is 0 Å². The summed E-state index contributed by atoms with van der Waals surface area (Å²) in [5.74, 6) is -1.43. The summed E-state index contributed by atoms with van der Waals surface area (Å²) in [5.41, 5.74) is 9.12. The van der Waals surface area contributed by atoms with Gasteiger partial charge in [0.1, 0.15) is 13.2 Å². The molecule has 0 saturated carbocycles. The fraction of sp³-hybridized carbons (Fsp3) is 0.300. The van der Waals surface area contributed by atoms with Gasteiger partial charge in [0.25, 0.3) is 0 Å². The predicted molar refractivity (Wildman–Crippen MR) is 189 cm³/mol. The molecule has 2 aliphatic rings. The molecule has 0 atom stereocenters. The highest BCUT2D eigenvalue weighted by Crippen LogP contribution is 2.45. The number of carboxylic acid groups (broad SMARTS) is 1. The van der Waals surface area contributed by atoms with E-state index in [-0.39, 0.29) is 56.9 Å². The number of hydrogen-bond acceptors (Lipinski definition) is 6. The number of fused-ring (bicyclic) bond motifs is 6. The van der Waals surface area contributed by atoms with Gasteiger partial charge in [0, 0.05) is 44.4 Å². The number of benzene rings is 4. The van der Waals surface area contributed by atoms with Crippen LogP contribution in [0.15, 0.2) is 97.1 Å². The van der Waals surface area contributed by atoms with Crippen LogP contribution in [0.2, 0.25) is 0 Å². The topological polar surface area (TPSA) is 134 Å². The van der Waals surface area contributed by atoms with Crippen LogP contribution in [-0.4, -0.2) is 73.5 Å². The van der Waals surface area contributed by atoms with Crippen LogP contribution in [0, 0.1) is 0 Å². The lowest BCUT2D eigenvalue weighted by Gasteiger charge is -2.23. The van der Waals surface area contributed by atoms with Gasteiger partial charge in [-0.1, -0.05) is 97.1 Å². The summed E-state index contributed by atoms with van der Waals surface area (Å²) >= 11 is 0. The maximum absolute atomic E-state index is 12.8. The molecule has 6 rings (SSSR count). The van der Waals surface area contributed by atoms with Gasteiger partial charge in [-0.3, -0.25) is 9.59 Å². The molecule has 10 heteroatoms. The second-order valence-corrected chi connectivity index (χ2v) is 12.5. The van der Waals surface area contributed by atoms with E-state index in [0.29, 0.717) is 25.9 Å². The summed E-state index contributed by atoms with van der Waals surface area (Å²) in [7, 11) is 0. The summed E-state index contributed by atoms with van der Waals surface area (Å²) in [6, 6.07) is 32.5. The molecule has 2 aliphatic carbocycles. The standard InChI is InChI=1S/C40H41N3O7/c44-37(19-20-38(45)46)43(23-9-21-41-39(47)49-25-35-31-15-5-1-11-27(31)28-12-2-6-16-32(28)35)24-10-22-42-40(48)50-26-36-33-17-7-3-13-29(33)30-14-4-8-18-34(30)36/h1-8,11-18,35-36H,9-10,19-26H2,(H,41,47)(H,42,48)(H,45,46). The molecule has 0 aromatic heterocycles. The molecular weight excluding hydrogens is 634 g/mol. The lowest BCUT2D eigenvalue weighted by molar-refractivity contribution is -0.141. The molecule has 0 fully saturated rings. The molecule has 4 aromatic rings. The molecule has 0 radical (unpaired) electrons. The van der Waals surface area contributed by atoms with Crippen LogP contribution in [0.3, 0.4) is 0 Å². The Hall–Kier alpha value is -5.64. The highest BCUT2D eigenvalue weighted by molar-refractivity contribution is 5.81. The lowest BCUT2D eigenvalue weighted by Crippen LogP contribution is -2.37. The first-order valence-electron chi connectivity index (χ1n) is 17.1. The molecule has 258 valence electrons. The Labute approximate surface area is 291 Å². The zero-order valence-corrected chi connectivity index (χ0v) is 27.8. The van der Waals surface area contributed by atoms with Crippen molar-refractivity contribution >= 4 is 24.1 Å². The number of hydrogen-bond donors (Lipinski definition) is 3. The van der Waals surface area contributed by atoms with Crippen molar-refractivity contribution in [1.82, 2.24) is 15.5 Å². The predicted octanol–water partition coefficient (Wildman–Crippen LogP) is 6.54. The van der Waals surface area contributed by atoms with Crippen LogP contribution < -0.4 is 10.6 Å². The van der Waals surface area contributed by atoms with Crippen molar-refractivity contribution in [1.29, 1.82) is 0 Å². The number of carboxylic acids is 1. The van der Waals surface area contributed by atoms with Crippen LogP contribution in [-0.2, 0) is 19.1 Å². The molecule has 3 amide bonds.